The zero-order valence-electron chi connectivity index (χ0n) is 18.9. The van der Waals surface area contributed by atoms with Gasteiger partial charge in [-0.05, 0) is 49.2 Å². The van der Waals surface area contributed by atoms with Gasteiger partial charge in [0.2, 0.25) is 5.91 Å². The number of carbonyl (C=O) groups is 3. The molecule has 0 heterocycles. The van der Waals surface area contributed by atoms with Gasteiger partial charge in [-0.15, -0.1) is 0 Å². The first-order valence-corrected chi connectivity index (χ1v) is 11.3. The molecule has 8 heteroatoms. The molecule has 1 fully saturated rings. The van der Waals surface area contributed by atoms with E-state index in [1.165, 1.54) is 6.42 Å². The minimum absolute atomic E-state index is 0.0842. The molecular weight excluding hydrogens is 422 g/mol. The highest BCUT2D eigenvalue weighted by molar-refractivity contribution is 5.94. The van der Waals surface area contributed by atoms with Crippen molar-refractivity contribution >= 4 is 23.4 Å². The van der Waals surface area contributed by atoms with E-state index in [0.29, 0.717) is 35.8 Å². The number of amides is 3. The molecule has 0 aromatic heterocycles. The summed E-state index contributed by atoms with van der Waals surface area (Å²) in [6.45, 7) is 0.605. The highest BCUT2D eigenvalue weighted by Gasteiger charge is 2.20. The number of ether oxygens (including phenoxy) is 2. The van der Waals surface area contributed by atoms with E-state index < -0.39 is 0 Å². The minimum Gasteiger partial charge on any atom is -0.497 e. The smallest absolute Gasteiger partial charge is 0.262 e. The van der Waals surface area contributed by atoms with Crippen LogP contribution in [0.4, 0.5) is 5.69 Å². The van der Waals surface area contributed by atoms with Crippen molar-refractivity contribution in [3.05, 3.63) is 54.1 Å². The van der Waals surface area contributed by atoms with Crippen molar-refractivity contribution in [3.8, 4) is 11.5 Å². The van der Waals surface area contributed by atoms with Crippen molar-refractivity contribution in [1.29, 1.82) is 0 Å². The number of benzene rings is 2. The largest absolute Gasteiger partial charge is 0.497 e. The van der Waals surface area contributed by atoms with Gasteiger partial charge in [0.05, 0.1) is 7.11 Å². The van der Waals surface area contributed by atoms with Gasteiger partial charge in [-0.25, -0.2) is 0 Å². The lowest BCUT2D eigenvalue weighted by Crippen LogP contribution is -2.38. The maximum atomic E-state index is 12.3. The monoisotopic (exact) mass is 453 g/mol. The number of rotatable bonds is 10. The number of anilines is 1. The summed E-state index contributed by atoms with van der Waals surface area (Å²) in [4.78, 5) is 36.5. The Morgan fingerprint density at radius 2 is 1.64 bits per heavy atom. The van der Waals surface area contributed by atoms with Gasteiger partial charge in [-0.3, -0.25) is 14.4 Å². The second kappa shape index (κ2) is 12.5. The predicted octanol–water partition coefficient (Wildman–Crippen LogP) is 3.14. The molecule has 0 radical (unpaired) electrons. The molecule has 2 aromatic rings. The van der Waals surface area contributed by atoms with Crippen molar-refractivity contribution < 1.29 is 23.9 Å². The first-order valence-electron chi connectivity index (χ1n) is 11.3. The molecule has 2 aromatic carbocycles. The molecule has 3 amide bonds. The first kappa shape index (κ1) is 24.1. The van der Waals surface area contributed by atoms with Crippen molar-refractivity contribution in [2.45, 2.75) is 32.1 Å². The zero-order valence-corrected chi connectivity index (χ0v) is 18.9. The van der Waals surface area contributed by atoms with Gasteiger partial charge in [0, 0.05) is 36.3 Å². The summed E-state index contributed by atoms with van der Waals surface area (Å²) in [5.41, 5.74) is 1.09. The van der Waals surface area contributed by atoms with E-state index in [1.54, 1.807) is 55.6 Å². The van der Waals surface area contributed by atoms with Crippen LogP contribution in [0.25, 0.3) is 0 Å². The van der Waals surface area contributed by atoms with E-state index in [0.717, 1.165) is 25.7 Å². The third kappa shape index (κ3) is 7.82. The van der Waals surface area contributed by atoms with Gasteiger partial charge in [0.25, 0.3) is 11.8 Å². The van der Waals surface area contributed by atoms with Crippen LogP contribution in [0.3, 0.4) is 0 Å². The molecule has 0 atom stereocenters. The summed E-state index contributed by atoms with van der Waals surface area (Å²) in [5.74, 6) is 0.784. The van der Waals surface area contributed by atoms with Gasteiger partial charge < -0.3 is 25.4 Å². The fraction of sp³-hybridized carbons (Fsp3) is 0.400. The molecule has 0 aliphatic heterocycles. The van der Waals surface area contributed by atoms with Crippen molar-refractivity contribution in [3.63, 3.8) is 0 Å². The van der Waals surface area contributed by atoms with Crippen LogP contribution in [0.2, 0.25) is 0 Å². The fourth-order valence-corrected chi connectivity index (χ4v) is 3.72. The van der Waals surface area contributed by atoms with Gasteiger partial charge in [-0.2, -0.15) is 0 Å². The summed E-state index contributed by atoms with van der Waals surface area (Å²) in [6.07, 6.45) is 5.34. The SMILES string of the molecule is COc1cccc(NC(=O)COc2ccc(C(=O)NCCNC(=O)C3CCCCC3)cc2)c1. The molecule has 0 spiro atoms. The number of hydrogen-bond donors (Lipinski definition) is 3. The normalized spacial score (nSPS) is 13.6. The van der Waals surface area contributed by atoms with Crippen LogP contribution in [-0.2, 0) is 9.59 Å². The Labute approximate surface area is 194 Å². The van der Waals surface area contributed by atoms with Crippen LogP contribution < -0.4 is 25.4 Å². The van der Waals surface area contributed by atoms with Crippen molar-refractivity contribution in [2.75, 3.05) is 32.1 Å². The molecular formula is C25H31N3O5. The summed E-state index contributed by atoms with van der Waals surface area (Å²) in [6, 6.07) is 13.6. The second-order valence-corrected chi connectivity index (χ2v) is 7.98. The molecule has 1 aliphatic carbocycles. The molecule has 0 bridgehead atoms. The summed E-state index contributed by atoms with van der Waals surface area (Å²) in [5, 5.41) is 8.43. The maximum absolute atomic E-state index is 12.3. The first-order chi connectivity index (χ1) is 16.0. The standard InChI is InChI=1S/C25H31N3O5/c1-32-22-9-5-8-20(16-22)28-23(29)17-33-21-12-10-19(11-13-21)25(31)27-15-14-26-24(30)18-6-3-2-4-7-18/h5,8-13,16,18H,2-4,6-7,14-15,17H2,1H3,(H,26,30)(H,27,31)(H,28,29). The highest BCUT2D eigenvalue weighted by Crippen LogP contribution is 2.23. The Morgan fingerprint density at radius 3 is 2.36 bits per heavy atom. The molecule has 0 unspecified atom stereocenters. The van der Waals surface area contributed by atoms with Gasteiger partial charge in [0.1, 0.15) is 11.5 Å². The summed E-state index contributed by atoms with van der Waals surface area (Å²) >= 11 is 0. The van der Waals surface area contributed by atoms with Gasteiger partial charge in [-0.1, -0.05) is 25.3 Å². The molecule has 33 heavy (non-hydrogen) atoms. The van der Waals surface area contributed by atoms with Gasteiger partial charge >= 0.3 is 0 Å². The number of methoxy groups -OCH3 is 1. The van der Waals surface area contributed by atoms with E-state index >= 15 is 0 Å². The Morgan fingerprint density at radius 1 is 0.909 bits per heavy atom. The Kier molecular flexibility index (Phi) is 9.11. The molecule has 0 saturated heterocycles. The third-order valence-corrected chi connectivity index (χ3v) is 5.53. The zero-order chi connectivity index (χ0) is 23.5. The Hall–Kier alpha value is -3.55. The van der Waals surface area contributed by atoms with Crippen molar-refractivity contribution in [1.82, 2.24) is 10.6 Å². The van der Waals surface area contributed by atoms with Crippen LogP contribution in [0.15, 0.2) is 48.5 Å². The summed E-state index contributed by atoms with van der Waals surface area (Å²) < 4.78 is 10.6. The molecule has 1 aliphatic rings. The third-order valence-electron chi connectivity index (χ3n) is 5.53. The van der Waals surface area contributed by atoms with Gasteiger partial charge in [0.15, 0.2) is 6.61 Å². The topological polar surface area (TPSA) is 106 Å². The maximum Gasteiger partial charge on any atom is 0.262 e. The fourth-order valence-electron chi connectivity index (χ4n) is 3.72. The van der Waals surface area contributed by atoms with Crippen LogP contribution in [0, 0.1) is 5.92 Å². The Balaban J connectivity index is 1.36. The number of hydrogen-bond acceptors (Lipinski definition) is 5. The van der Waals surface area contributed by atoms with Crippen molar-refractivity contribution in [2.24, 2.45) is 5.92 Å². The molecule has 3 rings (SSSR count). The minimum atomic E-state index is -0.305. The second-order valence-electron chi connectivity index (χ2n) is 7.98. The highest BCUT2D eigenvalue weighted by atomic mass is 16.5. The average molecular weight is 454 g/mol. The number of carbonyl (C=O) groups excluding carboxylic acids is 3. The van der Waals surface area contributed by atoms with E-state index in [2.05, 4.69) is 16.0 Å². The summed E-state index contributed by atoms with van der Waals surface area (Å²) in [7, 11) is 1.56. The predicted molar refractivity (Wildman–Crippen MR) is 125 cm³/mol. The number of nitrogens with one attached hydrogen (secondary N) is 3. The average Bonchev–Trinajstić information content (AvgIpc) is 2.86. The molecule has 8 nitrogen and oxygen atoms in total. The lowest BCUT2D eigenvalue weighted by molar-refractivity contribution is -0.125. The van der Waals surface area contributed by atoms with E-state index in [4.69, 9.17) is 9.47 Å². The molecule has 3 N–H and O–H groups in total. The lowest BCUT2D eigenvalue weighted by Gasteiger charge is -2.20. The molecule has 176 valence electrons. The van der Waals surface area contributed by atoms with E-state index in [-0.39, 0.29) is 30.2 Å². The quantitative estimate of drug-likeness (QED) is 0.479. The van der Waals surface area contributed by atoms with Crippen LogP contribution >= 0.6 is 0 Å². The van der Waals surface area contributed by atoms with E-state index in [1.807, 2.05) is 0 Å². The van der Waals surface area contributed by atoms with Crippen LogP contribution in [-0.4, -0.2) is 44.5 Å². The lowest BCUT2D eigenvalue weighted by atomic mass is 9.89. The van der Waals surface area contributed by atoms with E-state index in [9.17, 15) is 14.4 Å². The Bertz CT molecular complexity index is 939. The van der Waals surface area contributed by atoms with Crippen LogP contribution in [0.5, 0.6) is 11.5 Å². The van der Waals surface area contributed by atoms with Crippen LogP contribution in [0.1, 0.15) is 42.5 Å². The molecule has 1 saturated carbocycles.